The fourth-order valence-electron chi connectivity index (χ4n) is 2.27. The van der Waals surface area contributed by atoms with Crippen molar-refractivity contribution in [2.45, 2.75) is 18.9 Å². The van der Waals surface area contributed by atoms with E-state index in [2.05, 4.69) is 4.98 Å². The van der Waals surface area contributed by atoms with Gasteiger partial charge in [0.1, 0.15) is 5.56 Å². The van der Waals surface area contributed by atoms with Gasteiger partial charge >= 0.3 is 5.97 Å². The summed E-state index contributed by atoms with van der Waals surface area (Å²) in [7, 11) is 0. The van der Waals surface area contributed by atoms with Gasteiger partial charge in [0.05, 0.1) is 19.3 Å². The third-order valence-corrected chi connectivity index (χ3v) is 3.29. The number of nitrogens with zero attached hydrogens (tertiary/aromatic N) is 2. The molecule has 20 heavy (non-hydrogen) atoms. The molecule has 0 atom stereocenters. The van der Waals surface area contributed by atoms with Gasteiger partial charge in [-0.3, -0.25) is 0 Å². The van der Waals surface area contributed by atoms with Crippen LogP contribution in [-0.2, 0) is 4.74 Å². The summed E-state index contributed by atoms with van der Waals surface area (Å²) >= 11 is 0. The lowest BCUT2D eigenvalue weighted by Crippen LogP contribution is -2.38. The Morgan fingerprint density at radius 1 is 1.50 bits per heavy atom. The van der Waals surface area contributed by atoms with E-state index in [1.165, 1.54) is 6.20 Å². The molecule has 7 heteroatoms. The first-order valence-corrected chi connectivity index (χ1v) is 6.48. The van der Waals surface area contributed by atoms with E-state index >= 15 is 0 Å². The van der Waals surface area contributed by atoms with E-state index in [4.69, 9.17) is 14.9 Å². The predicted octanol–water partition coefficient (Wildman–Crippen LogP) is 0.897. The van der Waals surface area contributed by atoms with Crippen LogP contribution in [0.15, 0.2) is 12.3 Å². The van der Waals surface area contributed by atoms with Crippen LogP contribution >= 0.6 is 0 Å². The molecule has 1 saturated heterocycles. The number of hydrogen-bond donors (Lipinski definition) is 2. The lowest BCUT2D eigenvalue weighted by atomic mass is 10.1. The fraction of sp³-hybridized carbons (Fsp3) is 0.538. The minimum atomic E-state index is -1.30. The van der Waals surface area contributed by atoms with Crippen LogP contribution < -0.4 is 4.90 Å². The van der Waals surface area contributed by atoms with Crippen molar-refractivity contribution in [3.8, 4) is 0 Å². The molecular formula is C13H17FN2O4. The van der Waals surface area contributed by atoms with E-state index in [9.17, 15) is 9.18 Å². The first-order valence-electron chi connectivity index (χ1n) is 6.48. The second kappa shape index (κ2) is 6.62. The van der Waals surface area contributed by atoms with Gasteiger partial charge in [0, 0.05) is 19.3 Å². The predicted molar refractivity (Wildman–Crippen MR) is 69.4 cm³/mol. The standard InChI is InChI=1S/C13H17FN2O4/c14-11-10(13(18)19)1-4-15-12(11)16-5-2-9(3-6-16)20-8-7-17/h1,4,9,17H,2-3,5-8H2,(H,18,19). The van der Waals surface area contributed by atoms with E-state index in [0.717, 1.165) is 6.07 Å². The summed E-state index contributed by atoms with van der Waals surface area (Å²) in [5, 5.41) is 17.6. The largest absolute Gasteiger partial charge is 0.478 e. The number of piperidine rings is 1. The number of carboxylic acid groups (broad SMARTS) is 1. The topological polar surface area (TPSA) is 82.9 Å². The van der Waals surface area contributed by atoms with Crippen LogP contribution in [-0.4, -0.2) is 53.6 Å². The zero-order valence-corrected chi connectivity index (χ0v) is 11.0. The Morgan fingerprint density at radius 3 is 2.80 bits per heavy atom. The molecule has 1 aliphatic heterocycles. The highest BCUT2D eigenvalue weighted by molar-refractivity contribution is 5.88. The number of aromatic nitrogens is 1. The van der Waals surface area contributed by atoms with Crippen molar-refractivity contribution in [1.82, 2.24) is 4.98 Å². The lowest BCUT2D eigenvalue weighted by Gasteiger charge is -2.32. The van der Waals surface area contributed by atoms with Crippen molar-refractivity contribution < 1.29 is 24.1 Å². The molecule has 0 spiro atoms. The van der Waals surface area contributed by atoms with Crippen molar-refractivity contribution in [3.63, 3.8) is 0 Å². The molecule has 0 aromatic carbocycles. The maximum absolute atomic E-state index is 14.1. The van der Waals surface area contributed by atoms with E-state index in [1.807, 2.05) is 0 Å². The van der Waals surface area contributed by atoms with Crippen LogP contribution in [0.25, 0.3) is 0 Å². The van der Waals surface area contributed by atoms with Gasteiger partial charge in [-0.15, -0.1) is 0 Å². The normalized spacial score (nSPS) is 16.4. The molecule has 6 nitrogen and oxygen atoms in total. The van der Waals surface area contributed by atoms with Gasteiger partial charge in [0.2, 0.25) is 0 Å². The van der Waals surface area contributed by atoms with Crippen molar-refractivity contribution in [1.29, 1.82) is 0 Å². The molecular weight excluding hydrogens is 267 g/mol. The summed E-state index contributed by atoms with van der Waals surface area (Å²) in [6.07, 6.45) is 2.73. The molecule has 110 valence electrons. The highest BCUT2D eigenvalue weighted by Crippen LogP contribution is 2.24. The minimum absolute atomic E-state index is 0.0168. The van der Waals surface area contributed by atoms with E-state index < -0.39 is 11.8 Å². The second-order valence-electron chi connectivity index (χ2n) is 4.58. The summed E-state index contributed by atoms with van der Waals surface area (Å²) in [5.74, 6) is -2.02. The molecule has 2 rings (SSSR count). The van der Waals surface area contributed by atoms with Crippen LogP contribution in [0.2, 0.25) is 0 Å². The number of anilines is 1. The maximum Gasteiger partial charge on any atom is 0.338 e. The molecule has 0 aliphatic carbocycles. The summed E-state index contributed by atoms with van der Waals surface area (Å²) in [5.41, 5.74) is -0.367. The summed E-state index contributed by atoms with van der Waals surface area (Å²) in [4.78, 5) is 16.6. The first kappa shape index (κ1) is 14.7. The van der Waals surface area contributed by atoms with Crippen LogP contribution in [0.3, 0.4) is 0 Å². The Balaban J connectivity index is 2.04. The van der Waals surface area contributed by atoms with Gasteiger partial charge in [-0.1, -0.05) is 0 Å². The molecule has 1 aromatic heterocycles. The van der Waals surface area contributed by atoms with Crippen LogP contribution in [0.4, 0.5) is 10.2 Å². The Labute approximate surface area is 115 Å². The third kappa shape index (κ3) is 3.23. The summed E-state index contributed by atoms with van der Waals surface area (Å²) < 4.78 is 19.5. The van der Waals surface area contributed by atoms with Crippen LogP contribution in [0.1, 0.15) is 23.2 Å². The van der Waals surface area contributed by atoms with Gasteiger partial charge in [0.25, 0.3) is 0 Å². The van der Waals surface area contributed by atoms with E-state index in [0.29, 0.717) is 32.5 Å². The number of ether oxygens (including phenoxy) is 1. The number of hydrogen-bond acceptors (Lipinski definition) is 5. The molecule has 0 radical (unpaired) electrons. The van der Waals surface area contributed by atoms with Crippen molar-refractivity contribution in [2.24, 2.45) is 0 Å². The molecule has 0 unspecified atom stereocenters. The average molecular weight is 284 g/mol. The molecule has 1 aromatic rings. The van der Waals surface area contributed by atoms with Gasteiger partial charge in [-0.2, -0.15) is 0 Å². The number of aromatic carboxylic acids is 1. The van der Waals surface area contributed by atoms with Gasteiger partial charge < -0.3 is 19.8 Å². The monoisotopic (exact) mass is 284 g/mol. The lowest BCUT2D eigenvalue weighted by molar-refractivity contribution is 0.0157. The smallest absolute Gasteiger partial charge is 0.338 e. The molecule has 1 aliphatic rings. The van der Waals surface area contributed by atoms with E-state index in [1.54, 1.807) is 4.90 Å². The maximum atomic E-state index is 14.1. The number of carboxylic acids is 1. The Bertz CT molecular complexity index is 475. The van der Waals surface area contributed by atoms with Crippen molar-refractivity contribution in [2.75, 3.05) is 31.2 Å². The Morgan fingerprint density at radius 2 is 2.20 bits per heavy atom. The molecule has 2 N–H and O–H groups in total. The van der Waals surface area contributed by atoms with Crippen molar-refractivity contribution in [3.05, 3.63) is 23.6 Å². The molecule has 0 amide bonds. The SMILES string of the molecule is O=C(O)c1ccnc(N2CCC(OCCO)CC2)c1F. The summed E-state index contributed by atoms with van der Waals surface area (Å²) in [6.45, 7) is 1.37. The van der Waals surface area contributed by atoms with Crippen molar-refractivity contribution >= 4 is 11.8 Å². The zero-order valence-electron chi connectivity index (χ0n) is 11.0. The minimum Gasteiger partial charge on any atom is -0.478 e. The first-order chi connectivity index (χ1) is 9.63. The molecule has 0 bridgehead atoms. The van der Waals surface area contributed by atoms with Gasteiger partial charge in [0.15, 0.2) is 11.6 Å². The molecule has 1 fully saturated rings. The average Bonchev–Trinajstić information content (AvgIpc) is 2.46. The summed E-state index contributed by atoms with van der Waals surface area (Å²) in [6, 6.07) is 1.15. The number of rotatable bonds is 5. The molecule has 0 saturated carbocycles. The number of aliphatic hydroxyl groups is 1. The van der Waals surface area contributed by atoms with Gasteiger partial charge in [-0.05, 0) is 18.9 Å². The highest BCUT2D eigenvalue weighted by atomic mass is 19.1. The van der Waals surface area contributed by atoms with Crippen LogP contribution in [0, 0.1) is 5.82 Å². The number of halogens is 1. The second-order valence-corrected chi connectivity index (χ2v) is 4.58. The Hall–Kier alpha value is -1.73. The third-order valence-electron chi connectivity index (χ3n) is 3.29. The Kier molecular flexibility index (Phi) is 4.86. The number of pyridine rings is 1. The number of aliphatic hydroxyl groups excluding tert-OH is 1. The van der Waals surface area contributed by atoms with E-state index in [-0.39, 0.29) is 24.1 Å². The highest BCUT2D eigenvalue weighted by Gasteiger charge is 2.24. The van der Waals surface area contributed by atoms with Gasteiger partial charge in [-0.25, -0.2) is 14.2 Å². The number of carbonyl (C=O) groups is 1. The zero-order chi connectivity index (χ0) is 14.5. The fourth-order valence-corrected chi connectivity index (χ4v) is 2.27. The molecule has 2 heterocycles. The van der Waals surface area contributed by atoms with Crippen LogP contribution in [0.5, 0.6) is 0 Å². The quantitative estimate of drug-likeness (QED) is 0.836.